The summed E-state index contributed by atoms with van der Waals surface area (Å²) in [6, 6.07) is 22.3. The van der Waals surface area contributed by atoms with Gasteiger partial charge >= 0.3 is 0 Å². The lowest BCUT2D eigenvalue weighted by molar-refractivity contribution is -0.140. The van der Waals surface area contributed by atoms with Crippen LogP contribution >= 0.6 is 11.8 Å². The second-order valence-electron chi connectivity index (χ2n) is 9.25. The zero-order valence-corrected chi connectivity index (χ0v) is 24.6. The van der Waals surface area contributed by atoms with Gasteiger partial charge in [-0.05, 0) is 68.0 Å². The molecule has 1 N–H and O–H groups in total. The van der Waals surface area contributed by atoms with Crippen LogP contribution < -0.4 is 9.62 Å². The van der Waals surface area contributed by atoms with Crippen LogP contribution in [0.15, 0.2) is 88.7 Å². The van der Waals surface area contributed by atoms with Gasteiger partial charge in [-0.2, -0.15) is 0 Å². The van der Waals surface area contributed by atoms with Crippen molar-refractivity contribution in [2.45, 2.75) is 56.0 Å². The highest BCUT2D eigenvalue weighted by atomic mass is 32.2. The van der Waals surface area contributed by atoms with Crippen molar-refractivity contribution in [3.8, 4) is 0 Å². The van der Waals surface area contributed by atoms with E-state index in [0.29, 0.717) is 18.7 Å². The maximum Gasteiger partial charge on any atom is 0.264 e. The van der Waals surface area contributed by atoms with E-state index in [4.69, 9.17) is 0 Å². The van der Waals surface area contributed by atoms with E-state index in [1.807, 2.05) is 69.5 Å². The lowest BCUT2D eigenvalue weighted by Crippen LogP contribution is -2.52. The molecule has 0 aliphatic rings. The van der Waals surface area contributed by atoms with E-state index < -0.39 is 28.5 Å². The number of sulfonamides is 1. The number of carbonyl (C=O) groups excluding carboxylic acids is 2. The number of nitrogens with one attached hydrogen (secondary N) is 1. The summed E-state index contributed by atoms with van der Waals surface area (Å²) in [7, 11) is -4.08. The van der Waals surface area contributed by atoms with E-state index in [1.165, 1.54) is 16.7 Å². The lowest BCUT2D eigenvalue weighted by atomic mass is 10.1. The Bertz CT molecular complexity index is 1330. The molecule has 3 rings (SSSR count). The van der Waals surface area contributed by atoms with Gasteiger partial charge in [0, 0.05) is 18.0 Å². The number of thioether (sulfide) groups is 1. The van der Waals surface area contributed by atoms with Crippen molar-refractivity contribution in [3.63, 3.8) is 0 Å². The van der Waals surface area contributed by atoms with Crippen molar-refractivity contribution in [2.75, 3.05) is 23.7 Å². The van der Waals surface area contributed by atoms with Gasteiger partial charge in [0.1, 0.15) is 12.6 Å². The van der Waals surface area contributed by atoms with Crippen LogP contribution in [0.5, 0.6) is 0 Å². The van der Waals surface area contributed by atoms with E-state index in [1.54, 1.807) is 36.4 Å². The van der Waals surface area contributed by atoms with Crippen LogP contribution in [0.2, 0.25) is 0 Å². The SMILES string of the molecule is CCCNC(=O)[C@@H](CC)N(Cc1ccccc1)C(=O)CN(c1ccc(C)cc1)S(=O)(=O)c1ccc(SC)cc1. The molecular weight excluding hydrogens is 530 g/mol. The molecule has 0 saturated carbocycles. The van der Waals surface area contributed by atoms with Crippen LogP contribution in [0.25, 0.3) is 0 Å². The van der Waals surface area contributed by atoms with Gasteiger partial charge in [-0.25, -0.2) is 8.42 Å². The number of hydrogen-bond donors (Lipinski definition) is 1. The number of aryl methyl sites for hydroxylation is 1. The Hall–Kier alpha value is -3.30. The summed E-state index contributed by atoms with van der Waals surface area (Å²) < 4.78 is 29.0. The number of nitrogens with zero attached hydrogens (tertiary/aromatic N) is 2. The minimum absolute atomic E-state index is 0.0935. The monoisotopic (exact) mass is 567 g/mol. The fraction of sp³-hybridized carbons (Fsp3) is 0.333. The summed E-state index contributed by atoms with van der Waals surface area (Å²) in [4.78, 5) is 29.6. The third kappa shape index (κ3) is 7.86. The summed E-state index contributed by atoms with van der Waals surface area (Å²) >= 11 is 1.52. The molecule has 0 radical (unpaired) electrons. The smallest absolute Gasteiger partial charge is 0.264 e. The van der Waals surface area contributed by atoms with Gasteiger partial charge in [0.15, 0.2) is 0 Å². The molecule has 0 aliphatic carbocycles. The quantitative estimate of drug-likeness (QED) is 0.285. The molecule has 1 atom stereocenters. The highest BCUT2D eigenvalue weighted by Gasteiger charge is 2.33. The Labute approximate surface area is 236 Å². The number of anilines is 1. The van der Waals surface area contributed by atoms with E-state index in [0.717, 1.165) is 26.7 Å². The van der Waals surface area contributed by atoms with Gasteiger partial charge in [0.25, 0.3) is 10.0 Å². The second-order valence-corrected chi connectivity index (χ2v) is 12.0. The Balaban J connectivity index is 2.03. The zero-order valence-electron chi connectivity index (χ0n) is 23.0. The van der Waals surface area contributed by atoms with Gasteiger partial charge < -0.3 is 10.2 Å². The van der Waals surface area contributed by atoms with E-state index in [9.17, 15) is 18.0 Å². The van der Waals surface area contributed by atoms with Gasteiger partial charge in [-0.15, -0.1) is 11.8 Å². The molecule has 2 amide bonds. The minimum atomic E-state index is -4.08. The fourth-order valence-electron chi connectivity index (χ4n) is 4.18. The number of carbonyl (C=O) groups is 2. The first-order chi connectivity index (χ1) is 18.7. The fourth-order valence-corrected chi connectivity index (χ4v) is 6.00. The Morgan fingerprint density at radius 3 is 2.13 bits per heavy atom. The summed E-state index contributed by atoms with van der Waals surface area (Å²) in [5.41, 5.74) is 2.20. The molecule has 208 valence electrons. The first-order valence-corrected chi connectivity index (χ1v) is 15.7. The largest absolute Gasteiger partial charge is 0.354 e. The van der Waals surface area contributed by atoms with Gasteiger partial charge in [-0.3, -0.25) is 13.9 Å². The summed E-state index contributed by atoms with van der Waals surface area (Å²) in [6.45, 7) is 5.96. The third-order valence-electron chi connectivity index (χ3n) is 6.38. The molecule has 0 bridgehead atoms. The zero-order chi connectivity index (χ0) is 28.4. The first kappa shape index (κ1) is 30.2. The molecule has 39 heavy (non-hydrogen) atoms. The Kier molecular flexibility index (Phi) is 11.0. The maximum absolute atomic E-state index is 14.0. The van der Waals surface area contributed by atoms with Crippen LogP contribution in [0.4, 0.5) is 5.69 Å². The number of hydrogen-bond acceptors (Lipinski definition) is 5. The molecule has 0 saturated heterocycles. The van der Waals surface area contributed by atoms with E-state index in [2.05, 4.69) is 5.32 Å². The average Bonchev–Trinajstić information content (AvgIpc) is 2.95. The summed E-state index contributed by atoms with van der Waals surface area (Å²) in [6.07, 6.45) is 3.08. The van der Waals surface area contributed by atoms with Crippen molar-refractivity contribution in [3.05, 3.63) is 90.0 Å². The molecule has 3 aromatic rings. The van der Waals surface area contributed by atoms with Crippen LogP contribution in [0.3, 0.4) is 0 Å². The van der Waals surface area contributed by atoms with Crippen molar-refractivity contribution in [1.82, 2.24) is 10.2 Å². The van der Waals surface area contributed by atoms with E-state index in [-0.39, 0.29) is 17.3 Å². The molecule has 0 aromatic heterocycles. The summed E-state index contributed by atoms with van der Waals surface area (Å²) in [5.74, 6) is -0.705. The molecule has 9 heteroatoms. The first-order valence-electron chi connectivity index (χ1n) is 13.1. The molecule has 0 fully saturated rings. The van der Waals surface area contributed by atoms with Gasteiger partial charge in [0.05, 0.1) is 10.6 Å². The standard InChI is InChI=1S/C30H37N3O4S2/c1-5-20-31-30(35)28(6-2)32(21-24-10-8-7-9-11-24)29(34)22-33(25-14-12-23(3)13-15-25)39(36,37)27-18-16-26(38-4)17-19-27/h7-19,28H,5-6,20-22H2,1-4H3,(H,31,35)/t28-/m1/s1. The van der Waals surface area contributed by atoms with Crippen LogP contribution in [-0.4, -0.2) is 50.5 Å². The summed E-state index contributed by atoms with van der Waals surface area (Å²) in [5, 5.41) is 2.90. The Morgan fingerprint density at radius 1 is 0.923 bits per heavy atom. The predicted octanol–water partition coefficient (Wildman–Crippen LogP) is 5.25. The molecule has 0 heterocycles. The van der Waals surface area contributed by atoms with Gasteiger partial charge in [-0.1, -0.05) is 61.9 Å². The van der Waals surface area contributed by atoms with Crippen molar-refractivity contribution >= 4 is 39.3 Å². The second kappa shape index (κ2) is 14.2. The van der Waals surface area contributed by atoms with Crippen molar-refractivity contribution in [2.24, 2.45) is 0 Å². The molecule has 0 unspecified atom stereocenters. The normalized spacial score (nSPS) is 12.0. The molecule has 0 aliphatic heterocycles. The van der Waals surface area contributed by atoms with Crippen molar-refractivity contribution < 1.29 is 18.0 Å². The topological polar surface area (TPSA) is 86.8 Å². The van der Waals surface area contributed by atoms with E-state index >= 15 is 0 Å². The highest BCUT2D eigenvalue weighted by molar-refractivity contribution is 7.98. The maximum atomic E-state index is 14.0. The van der Waals surface area contributed by atoms with Crippen LogP contribution in [0, 0.1) is 6.92 Å². The third-order valence-corrected chi connectivity index (χ3v) is 8.91. The highest BCUT2D eigenvalue weighted by Crippen LogP contribution is 2.26. The van der Waals surface area contributed by atoms with Crippen LogP contribution in [-0.2, 0) is 26.2 Å². The predicted molar refractivity (Wildman–Crippen MR) is 158 cm³/mol. The molecular formula is C30H37N3O4S2. The number of benzene rings is 3. The molecule has 3 aromatic carbocycles. The Morgan fingerprint density at radius 2 is 1.56 bits per heavy atom. The number of rotatable bonds is 13. The van der Waals surface area contributed by atoms with Crippen LogP contribution in [0.1, 0.15) is 37.8 Å². The minimum Gasteiger partial charge on any atom is -0.354 e. The molecule has 7 nitrogen and oxygen atoms in total. The average molecular weight is 568 g/mol. The molecule has 0 spiro atoms. The lowest BCUT2D eigenvalue weighted by Gasteiger charge is -2.33. The van der Waals surface area contributed by atoms with Gasteiger partial charge in [0.2, 0.25) is 11.8 Å². The number of amides is 2. The van der Waals surface area contributed by atoms with Crippen molar-refractivity contribution in [1.29, 1.82) is 0 Å².